The van der Waals surface area contributed by atoms with Crippen LogP contribution in [0.1, 0.15) is 29.2 Å². The Morgan fingerprint density at radius 3 is 2.33 bits per heavy atom. The Hall–Kier alpha value is -2.54. The van der Waals surface area contributed by atoms with Crippen molar-refractivity contribution in [3.8, 4) is 0 Å². The molecule has 0 saturated heterocycles. The maximum Gasteiger partial charge on any atom is 0.322 e. The van der Waals surface area contributed by atoms with E-state index in [2.05, 4.69) is 11.4 Å². The van der Waals surface area contributed by atoms with Crippen LogP contribution in [-0.2, 0) is 17.9 Å². The minimum Gasteiger partial charge on any atom is -0.332 e. The Morgan fingerprint density at radius 2 is 1.73 bits per heavy atom. The second kappa shape index (κ2) is 11.5. The summed E-state index contributed by atoms with van der Waals surface area (Å²) in [7, 11) is 0. The van der Waals surface area contributed by atoms with Crippen molar-refractivity contribution < 1.29 is 9.59 Å². The van der Waals surface area contributed by atoms with Gasteiger partial charge >= 0.3 is 6.03 Å². The number of carbonyl (C=O) groups is 2. The molecule has 0 fully saturated rings. The van der Waals surface area contributed by atoms with E-state index in [1.165, 1.54) is 9.78 Å². The van der Waals surface area contributed by atoms with Crippen LogP contribution in [0.4, 0.5) is 10.5 Å². The molecule has 0 atom stereocenters. The second-order valence-electron chi connectivity index (χ2n) is 8.02. The Morgan fingerprint density at radius 1 is 1.00 bits per heavy atom. The first-order valence-electron chi connectivity index (χ1n) is 10.6. The SMILES string of the molecule is Cc1ccc(CN(Cc2ccccc2)C(=O)CN(C(=O)Nc2ccc(Cl)cc2Cl)C(C)C)s1. The summed E-state index contributed by atoms with van der Waals surface area (Å²) in [6.07, 6.45) is 0. The minimum atomic E-state index is -0.394. The van der Waals surface area contributed by atoms with Gasteiger partial charge in [0.2, 0.25) is 5.91 Å². The number of carbonyl (C=O) groups excluding carboxylic acids is 2. The Bertz CT molecular complexity index is 1100. The molecule has 1 aromatic heterocycles. The number of thiophene rings is 1. The van der Waals surface area contributed by atoms with E-state index in [1.807, 2.05) is 57.2 Å². The van der Waals surface area contributed by atoms with Crippen molar-refractivity contribution >= 4 is 52.2 Å². The van der Waals surface area contributed by atoms with Gasteiger partial charge in [0.15, 0.2) is 0 Å². The van der Waals surface area contributed by atoms with Gasteiger partial charge in [-0.2, -0.15) is 0 Å². The highest BCUT2D eigenvalue weighted by atomic mass is 35.5. The average Bonchev–Trinajstić information content (AvgIpc) is 3.18. The molecular weight excluding hydrogens is 477 g/mol. The van der Waals surface area contributed by atoms with E-state index in [0.717, 1.165) is 10.4 Å². The van der Waals surface area contributed by atoms with Gasteiger partial charge in [-0.15, -0.1) is 11.3 Å². The van der Waals surface area contributed by atoms with Gasteiger partial charge in [-0.05, 0) is 56.7 Å². The van der Waals surface area contributed by atoms with Gasteiger partial charge in [0, 0.05) is 27.4 Å². The van der Waals surface area contributed by atoms with Gasteiger partial charge in [0.05, 0.1) is 17.3 Å². The molecule has 2 aromatic carbocycles. The molecule has 0 aliphatic carbocycles. The predicted octanol–water partition coefficient (Wildman–Crippen LogP) is 6.83. The summed E-state index contributed by atoms with van der Waals surface area (Å²) < 4.78 is 0. The number of hydrogen-bond donors (Lipinski definition) is 1. The molecule has 0 aliphatic rings. The number of anilines is 1. The monoisotopic (exact) mass is 503 g/mol. The molecule has 5 nitrogen and oxygen atoms in total. The lowest BCUT2D eigenvalue weighted by molar-refractivity contribution is -0.133. The number of amides is 3. The first-order valence-corrected chi connectivity index (χ1v) is 12.2. The number of nitrogens with zero attached hydrogens (tertiary/aromatic N) is 2. The van der Waals surface area contributed by atoms with E-state index in [9.17, 15) is 9.59 Å². The molecule has 0 bridgehead atoms. The van der Waals surface area contributed by atoms with E-state index in [4.69, 9.17) is 23.2 Å². The third kappa shape index (κ3) is 7.22. The lowest BCUT2D eigenvalue weighted by Gasteiger charge is -2.30. The zero-order valence-corrected chi connectivity index (χ0v) is 21.2. The van der Waals surface area contributed by atoms with Crippen molar-refractivity contribution in [1.82, 2.24) is 9.80 Å². The zero-order valence-electron chi connectivity index (χ0n) is 18.8. The highest BCUT2D eigenvalue weighted by Gasteiger charge is 2.25. The van der Waals surface area contributed by atoms with Crippen LogP contribution in [-0.4, -0.2) is 34.3 Å². The third-order valence-corrected chi connectivity index (χ3v) is 6.61. The molecule has 3 rings (SSSR count). The van der Waals surface area contributed by atoms with Crippen molar-refractivity contribution in [2.75, 3.05) is 11.9 Å². The minimum absolute atomic E-state index is 0.0497. The lowest BCUT2D eigenvalue weighted by Crippen LogP contribution is -2.47. The van der Waals surface area contributed by atoms with Crippen molar-refractivity contribution in [2.45, 2.75) is 39.9 Å². The fraction of sp³-hybridized carbons (Fsp3) is 0.280. The molecule has 33 heavy (non-hydrogen) atoms. The highest BCUT2D eigenvalue weighted by molar-refractivity contribution is 7.11. The van der Waals surface area contributed by atoms with Crippen LogP contribution in [0.15, 0.2) is 60.7 Å². The molecule has 0 unspecified atom stereocenters. The van der Waals surface area contributed by atoms with Gasteiger partial charge in [0.1, 0.15) is 6.54 Å². The highest BCUT2D eigenvalue weighted by Crippen LogP contribution is 2.26. The maximum absolute atomic E-state index is 13.4. The van der Waals surface area contributed by atoms with Crippen molar-refractivity contribution in [3.63, 3.8) is 0 Å². The third-order valence-electron chi connectivity index (χ3n) is 5.07. The van der Waals surface area contributed by atoms with E-state index in [0.29, 0.717) is 28.8 Å². The quantitative estimate of drug-likeness (QED) is 0.365. The molecule has 1 N–H and O–H groups in total. The Labute approximate surface area is 208 Å². The van der Waals surface area contributed by atoms with Gasteiger partial charge in [-0.3, -0.25) is 4.79 Å². The van der Waals surface area contributed by atoms with Crippen molar-refractivity contribution in [3.05, 3.63) is 86.0 Å². The number of hydrogen-bond acceptors (Lipinski definition) is 3. The van der Waals surface area contributed by atoms with Crippen LogP contribution in [0.5, 0.6) is 0 Å². The molecule has 0 spiro atoms. The first-order chi connectivity index (χ1) is 15.7. The fourth-order valence-electron chi connectivity index (χ4n) is 3.31. The molecule has 8 heteroatoms. The topological polar surface area (TPSA) is 52.7 Å². The second-order valence-corrected chi connectivity index (χ2v) is 10.2. The first kappa shape index (κ1) is 25.1. The van der Waals surface area contributed by atoms with Gasteiger partial charge in [-0.25, -0.2) is 4.79 Å². The van der Waals surface area contributed by atoms with Gasteiger partial charge in [-0.1, -0.05) is 53.5 Å². The molecule has 1 heterocycles. The molecule has 174 valence electrons. The van der Waals surface area contributed by atoms with Crippen LogP contribution in [0.25, 0.3) is 0 Å². The number of nitrogens with one attached hydrogen (secondary N) is 1. The number of halogens is 2. The maximum atomic E-state index is 13.4. The number of rotatable bonds is 8. The molecule has 0 saturated carbocycles. The average molecular weight is 504 g/mol. The summed E-state index contributed by atoms with van der Waals surface area (Å²) in [4.78, 5) is 32.0. The standard InChI is InChI=1S/C25H27Cl2N3O2S/c1-17(2)30(25(32)28-23-12-10-20(26)13-22(23)27)16-24(31)29(14-19-7-5-4-6-8-19)15-21-11-9-18(3)33-21/h4-13,17H,14-16H2,1-3H3,(H,28,32). The van der Waals surface area contributed by atoms with Crippen LogP contribution < -0.4 is 5.32 Å². The van der Waals surface area contributed by atoms with E-state index in [1.54, 1.807) is 34.4 Å². The molecule has 3 aromatic rings. The summed E-state index contributed by atoms with van der Waals surface area (Å²) in [5, 5.41) is 3.61. The summed E-state index contributed by atoms with van der Waals surface area (Å²) in [5.74, 6) is -0.129. The Balaban J connectivity index is 1.76. The van der Waals surface area contributed by atoms with Crippen molar-refractivity contribution in [1.29, 1.82) is 0 Å². The lowest BCUT2D eigenvalue weighted by atomic mass is 10.2. The van der Waals surface area contributed by atoms with Crippen molar-refractivity contribution in [2.24, 2.45) is 0 Å². The fourth-order valence-corrected chi connectivity index (χ4v) is 4.67. The summed E-state index contributed by atoms with van der Waals surface area (Å²) in [5.41, 5.74) is 1.48. The summed E-state index contributed by atoms with van der Waals surface area (Å²) in [6.45, 7) is 6.70. The van der Waals surface area contributed by atoms with E-state index < -0.39 is 6.03 Å². The van der Waals surface area contributed by atoms with Gasteiger partial charge in [0.25, 0.3) is 0 Å². The number of benzene rings is 2. The Kier molecular flexibility index (Phi) is 8.78. The van der Waals surface area contributed by atoms with Crippen LogP contribution >= 0.6 is 34.5 Å². The molecule has 0 radical (unpaired) electrons. The van der Waals surface area contributed by atoms with Crippen LogP contribution in [0.3, 0.4) is 0 Å². The van der Waals surface area contributed by atoms with E-state index >= 15 is 0 Å². The number of urea groups is 1. The van der Waals surface area contributed by atoms with E-state index in [-0.39, 0.29) is 18.5 Å². The number of aryl methyl sites for hydroxylation is 1. The smallest absolute Gasteiger partial charge is 0.322 e. The molecule has 0 aliphatic heterocycles. The zero-order chi connectivity index (χ0) is 24.0. The van der Waals surface area contributed by atoms with Gasteiger partial charge < -0.3 is 15.1 Å². The van der Waals surface area contributed by atoms with Crippen LogP contribution in [0, 0.1) is 6.92 Å². The largest absolute Gasteiger partial charge is 0.332 e. The summed E-state index contributed by atoms with van der Waals surface area (Å²) >= 11 is 13.8. The molecule has 3 amide bonds. The molecular formula is C25H27Cl2N3O2S. The predicted molar refractivity (Wildman–Crippen MR) is 137 cm³/mol. The normalized spacial score (nSPS) is 10.8. The van der Waals surface area contributed by atoms with Crippen LogP contribution in [0.2, 0.25) is 10.0 Å². The summed E-state index contributed by atoms with van der Waals surface area (Å²) in [6, 6.07) is 18.2.